The maximum atomic E-state index is 5.89. The lowest BCUT2D eigenvalue weighted by molar-refractivity contribution is 1.18. The normalized spacial score (nSPS) is 10.9. The van der Waals surface area contributed by atoms with Crippen LogP contribution < -0.4 is 0 Å². The van der Waals surface area contributed by atoms with E-state index in [1.807, 2.05) is 0 Å². The monoisotopic (exact) mass is 267 g/mol. The fourth-order valence-corrected chi connectivity index (χ4v) is 2.04. The minimum atomic E-state index is 0.00772. The van der Waals surface area contributed by atoms with E-state index in [-0.39, 0.29) is 21.2 Å². The summed E-state index contributed by atoms with van der Waals surface area (Å²) in [5.74, 6) is 0. The molecule has 2 aromatic heterocycles. The van der Waals surface area contributed by atoms with Gasteiger partial charge in [-0.1, -0.05) is 34.8 Å². The number of hydrogen-bond acceptors (Lipinski definition) is 3. The molecule has 0 radical (unpaired) electrons. The van der Waals surface area contributed by atoms with E-state index in [9.17, 15) is 0 Å². The standard InChI is InChI=1S/C7HCl4N3/c8-2-1-3(9)12-6-4(2)5(10)13-7(11)14-6/h1H. The van der Waals surface area contributed by atoms with Gasteiger partial charge in [-0.3, -0.25) is 0 Å². The van der Waals surface area contributed by atoms with Crippen molar-refractivity contribution in [2.75, 3.05) is 0 Å². The van der Waals surface area contributed by atoms with E-state index in [0.717, 1.165) is 0 Å². The summed E-state index contributed by atoms with van der Waals surface area (Å²) >= 11 is 23.0. The van der Waals surface area contributed by atoms with Crippen molar-refractivity contribution in [3.63, 3.8) is 0 Å². The Morgan fingerprint density at radius 3 is 2.36 bits per heavy atom. The van der Waals surface area contributed by atoms with Crippen LogP contribution in [0, 0.1) is 0 Å². The molecule has 0 amide bonds. The summed E-state index contributed by atoms with van der Waals surface area (Å²) in [6.45, 7) is 0. The Hall–Kier alpha value is -0.350. The van der Waals surface area contributed by atoms with Gasteiger partial charge in [0.25, 0.3) is 0 Å². The van der Waals surface area contributed by atoms with Crippen molar-refractivity contribution >= 4 is 57.4 Å². The van der Waals surface area contributed by atoms with Gasteiger partial charge in [-0.2, -0.15) is 4.98 Å². The van der Waals surface area contributed by atoms with Gasteiger partial charge in [-0.15, -0.1) is 0 Å². The predicted molar refractivity (Wildman–Crippen MR) is 57.4 cm³/mol. The third kappa shape index (κ3) is 1.73. The van der Waals surface area contributed by atoms with Crippen molar-refractivity contribution in [3.8, 4) is 0 Å². The highest BCUT2D eigenvalue weighted by atomic mass is 35.5. The van der Waals surface area contributed by atoms with Gasteiger partial charge >= 0.3 is 0 Å². The molecule has 0 unspecified atom stereocenters. The molecule has 0 aliphatic carbocycles. The molecule has 72 valence electrons. The van der Waals surface area contributed by atoms with Crippen LogP contribution in [0.25, 0.3) is 11.0 Å². The first kappa shape index (κ1) is 10.2. The Balaban J connectivity index is 2.94. The molecule has 0 fully saturated rings. The number of pyridine rings is 1. The van der Waals surface area contributed by atoms with Gasteiger partial charge in [0.1, 0.15) is 10.3 Å². The molecule has 0 N–H and O–H groups in total. The summed E-state index contributed by atoms with van der Waals surface area (Å²) in [6, 6.07) is 1.47. The van der Waals surface area contributed by atoms with Crippen molar-refractivity contribution < 1.29 is 0 Å². The van der Waals surface area contributed by atoms with E-state index >= 15 is 0 Å². The highest BCUT2D eigenvalue weighted by molar-refractivity contribution is 6.42. The predicted octanol–water partition coefficient (Wildman–Crippen LogP) is 3.64. The van der Waals surface area contributed by atoms with E-state index in [2.05, 4.69) is 15.0 Å². The molecule has 0 bridgehead atoms. The Morgan fingerprint density at radius 2 is 1.64 bits per heavy atom. The van der Waals surface area contributed by atoms with Gasteiger partial charge in [-0.25, -0.2) is 9.97 Å². The van der Waals surface area contributed by atoms with Crippen LogP contribution in [-0.4, -0.2) is 15.0 Å². The summed E-state index contributed by atoms with van der Waals surface area (Å²) in [5.41, 5.74) is 0.285. The van der Waals surface area contributed by atoms with Gasteiger partial charge in [0.15, 0.2) is 5.65 Å². The van der Waals surface area contributed by atoms with Crippen molar-refractivity contribution in [3.05, 3.63) is 26.7 Å². The molecule has 0 aliphatic heterocycles. The average Bonchev–Trinajstić information content (AvgIpc) is 1.99. The summed E-state index contributed by atoms with van der Waals surface area (Å²) in [4.78, 5) is 11.5. The second kappa shape index (κ2) is 3.66. The second-order valence-electron chi connectivity index (χ2n) is 2.41. The highest BCUT2D eigenvalue weighted by Crippen LogP contribution is 2.29. The molecule has 7 heteroatoms. The molecule has 2 heterocycles. The molecule has 0 spiro atoms. The fourth-order valence-electron chi connectivity index (χ4n) is 0.994. The number of nitrogens with zero attached hydrogens (tertiary/aromatic N) is 3. The van der Waals surface area contributed by atoms with Crippen molar-refractivity contribution in [2.45, 2.75) is 0 Å². The van der Waals surface area contributed by atoms with Gasteiger partial charge in [-0.05, 0) is 17.7 Å². The molecule has 0 atom stereocenters. The lowest BCUT2D eigenvalue weighted by atomic mass is 10.3. The summed E-state index contributed by atoms with van der Waals surface area (Å²) in [6.07, 6.45) is 0. The van der Waals surface area contributed by atoms with E-state index in [4.69, 9.17) is 46.4 Å². The Morgan fingerprint density at radius 1 is 0.929 bits per heavy atom. The molecule has 2 aromatic rings. The zero-order chi connectivity index (χ0) is 10.3. The van der Waals surface area contributed by atoms with Gasteiger partial charge in [0, 0.05) is 0 Å². The van der Waals surface area contributed by atoms with Gasteiger partial charge in [0.05, 0.1) is 10.4 Å². The second-order valence-corrected chi connectivity index (χ2v) is 3.90. The van der Waals surface area contributed by atoms with Crippen LogP contribution in [0.3, 0.4) is 0 Å². The summed E-state index contributed by atoms with van der Waals surface area (Å²) in [7, 11) is 0. The van der Waals surface area contributed by atoms with Crippen LogP contribution in [0.5, 0.6) is 0 Å². The topological polar surface area (TPSA) is 38.7 Å². The van der Waals surface area contributed by atoms with Crippen molar-refractivity contribution in [1.82, 2.24) is 15.0 Å². The molecular formula is C7HCl4N3. The lowest BCUT2D eigenvalue weighted by Crippen LogP contribution is -1.90. The van der Waals surface area contributed by atoms with Crippen molar-refractivity contribution in [1.29, 1.82) is 0 Å². The number of aromatic nitrogens is 3. The van der Waals surface area contributed by atoms with Crippen LogP contribution >= 0.6 is 46.4 Å². The summed E-state index contributed by atoms with van der Waals surface area (Å²) < 4.78 is 0. The lowest BCUT2D eigenvalue weighted by Gasteiger charge is -2.01. The summed E-state index contributed by atoms with van der Waals surface area (Å²) in [5, 5.41) is 1.19. The molecule has 0 aromatic carbocycles. The first-order valence-corrected chi connectivity index (χ1v) is 4.94. The molecule has 0 saturated carbocycles. The smallest absolute Gasteiger partial charge is 0.216 e. The van der Waals surface area contributed by atoms with Crippen LogP contribution in [0.15, 0.2) is 6.07 Å². The SMILES string of the molecule is Clc1cc(Cl)c2c(Cl)nc(Cl)nc2n1. The van der Waals surface area contributed by atoms with Crippen LogP contribution in [0.4, 0.5) is 0 Å². The van der Waals surface area contributed by atoms with Crippen molar-refractivity contribution in [2.24, 2.45) is 0 Å². The Bertz CT molecular complexity index is 471. The number of rotatable bonds is 0. The zero-order valence-corrected chi connectivity index (χ0v) is 9.45. The minimum absolute atomic E-state index is 0.00772. The maximum absolute atomic E-state index is 5.89. The van der Waals surface area contributed by atoms with Crippen LogP contribution in [0.1, 0.15) is 0 Å². The van der Waals surface area contributed by atoms with E-state index in [1.54, 1.807) is 0 Å². The largest absolute Gasteiger partial charge is 0.225 e. The third-order valence-corrected chi connectivity index (χ3v) is 2.45. The minimum Gasteiger partial charge on any atom is -0.216 e. The van der Waals surface area contributed by atoms with Gasteiger partial charge < -0.3 is 0 Å². The molecule has 14 heavy (non-hydrogen) atoms. The maximum Gasteiger partial charge on any atom is 0.225 e. The average molecular weight is 269 g/mol. The molecular weight excluding hydrogens is 268 g/mol. The quantitative estimate of drug-likeness (QED) is 0.416. The van der Waals surface area contributed by atoms with E-state index in [1.165, 1.54) is 6.07 Å². The first-order valence-electron chi connectivity index (χ1n) is 3.42. The van der Waals surface area contributed by atoms with Gasteiger partial charge in [0.2, 0.25) is 5.28 Å². The van der Waals surface area contributed by atoms with Crippen LogP contribution in [-0.2, 0) is 0 Å². The number of halogens is 4. The zero-order valence-electron chi connectivity index (χ0n) is 6.43. The van der Waals surface area contributed by atoms with E-state index < -0.39 is 0 Å². The molecule has 0 saturated heterocycles. The highest BCUT2D eigenvalue weighted by Gasteiger charge is 2.10. The number of hydrogen-bond donors (Lipinski definition) is 0. The van der Waals surface area contributed by atoms with E-state index in [0.29, 0.717) is 10.4 Å². The first-order chi connectivity index (χ1) is 6.58. The Kier molecular flexibility index (Phi) is 2.66. The third-order valence-electron chi connectivity index (χ3n) is 1.52. The molecule has 2 rings (SSSR count). The van der Waals surface area contributed by atoms with Crippen LogP contribution in [0.2, 0.25) is 20.6 Å². The molecule has 3 nitrogen and oxygen atoms in total. The Labute approximate surface area is 99.0 Å². The molecule has 0 aliphatic rings. The fraction of sp³-hybridized carbons (Fsp3) is 0. The number of fused-ring (bicyclic) bond motifs is 1.